The number of hydrogen-bond donors (Lipinski definition) is 5. The first kappa shape index (κ1) is 26.2. The highest BCUT2D eigenvalue weighted by Crippen LogP contribution is 2.46. The van der Waals surface area contributed by atoms with Crippen molar-refractivity contribution in [3.8, 4) is 0 Å². The molecular formula is C27H40N6O4. The van der Waals surface area contributed by atoms with Crippen LogP contribution in [0.2, 0.25) is 0 Å². The van der Waals surface area contributed by atoms with Gasteiger partial charge in [-0.15, -0.1) is 0 Å². The standard InChI is InChI=1S/C27H40N6O4/c1-16(8-11-27(28)10-4-6-18-17(2)5-3-7-19(18)27)9-12-29-24-21-25(31-14-30-24)33(15-32-21)26-23(36)22(35)20(13-34)37-26/h6,9,14-15,17,19-20,22-23,26,34-36H,3-5,7-8,10-13,28H2,1-2H3,(H,29,30,31)/b16-9+/t17-,19?,20?,22?,23?,26?,27+/m1/s1. The summed E-state index contributed by atoms with van der Waals surface area (Å²) in [7, 11) is 0. The molecule has 5 rings (SSSR count). The highest BCUT2D eigenvalue weighted by atomic mass is 16.6. The number of aliphatic hydroxyl groups excluding tert-OH is 3. The summed E-state index contributed by atoms with van der Waals surface area (Å²) in [6, 6.07) is 0. The van der Waals surface area contributed by atoms with E-state index in [0.29, 0.717) is 35.4 Å². The summed E-state index contributed by atoms with van der Waals surface area (Å²) in [5.74, 6) is 1.77. The fraction of sp³-hybridized carbons (Fsp3) is 0.667. The largest absolute Gasteiger partial charge is 0.394 e. The molecule has 0 spiro atoms. The number of allylic oxidation sites excluding steroid dienone is 2. The number of hydrogen-bond acceptors (Lipinski definition) is 9. The van der Waals surface area contributed by atoms with Gasteiger partial charge in [-0.2, -0.15) is 0 Å². The third-order valence-electron chi connectivity index (χ3n) is 8.64. The van der Waals surface area contributed by atoms with Gasteiger partial charge in [0.05, 0.1) is 12.9 Å². The number of imidazole rings is 1. The van der Waals surface area contributed by atoms with Gasteiger partial charge in [-0.05, 0) is 57.3 Å². The topological polar surface area (TPSA) is 152 Å². The minimum absolute atomic E-state index is 0.109. The Bertz CT molecular complexity index is 1160. The van der Waals surface area contributed by atoms with Crippen molar-refractivity contribution < 1.29 is 20.1 Å². The Kier molecular flexibility index (Phi) is 7.65. The van der Waals surface area contributed by atoms with Gasteiger partial charge in [-0.1, -0.05) is 36.6 Å². The molecule has 10 heteroatoms. The number of rotatable bonds is 8. The van der Waals surface area contributed by atoms with E-state index in [0.717, 1.165) is 25.7 Å². The lowest BCUT2D eigenvalue weighted by Crippen LogP contribution is -2.51. The van der Waals surface area contributed by atoms with Crippen LogP contribution in [0.5, 0.6) is 0 Å². The predicted molar refractivity (Wildman–Crippen MR) is 141 cm³/mol. The molecule has 5 unspecified atom stereocenters. The highest BCUT2D eigenvalue weighted by Gasteiger charge is 2.44. The van der Waals surface area contributed by atoms with Crippen LogP contribution in [0.15, 0.2) is 36.0 Å². The van der Waals surface area contributed by atoms with E-state index in [9.17, 15) is 15.3 Å². The summed E-state index contributed by atoms with van der Waals surface area (Å²) in [6.45, 7) is 4.70. The first-order valence-corrected chi connectivity index (χ1v) is 13.5. The molecule has 2 aromatic rings. The van der Waals surface area contributed by atoms with E-state index in [2.05, 4.69) is 46.3 Å². The molecular weight excluding hydrogens is 472 g/mol. The number of ether oxygens (including phenoxy) is 1. The van der Waals surface area contributed by atoms with Crippen molar-refractivity contribution >= 4 is 17.0 Å². The Balaban J connectivity index is 1.21. The summed E-state index contributed by atoms with van der Waals surface area (Å²) in [6.07, 6.45) is 11.3. The summed E-state index contributed by atoms with van der Waals surface area (Å²) in [5, 5.41) is 33.2. The van der Waals surface area contributed by atoms with E-state index in [-0.39, 0.29) is 5.54 Å². The van der Waals surface area contributed by atoms with Gasteiger partial charge in [0.2, 0.25) is 0 Å². The van der Waals surface area contributed by atoms with Crippen LogP contribution in [0.4, 0.5) is 5.82 Å². The van der Waals surface area contributed by atoms with Gasteiger partial charge < -0.3 is 31.1 Å². The fourth-order valence-electron chi connectivity index (χ4n) is 6.38. The summed E-state index contributed by atoms with van der Waals surface area (Å²) in [5.41, 5.74) is 10.8. The van der Waals surface area contributed by atoms with Crippen LogP contribution >= 0.6 is 0 Å². The second-order valence-corrected chi connectivity index (χ2v) is 11.1. The average molecular weight is 513 g/mol. The molecule has 7 atom stereocenters. The maximum atomic E-state index is 10.4. The Hall–Kier alpha value is -2.37. The van der Waals surface area contributed by atoms with Gasteiger partial charge in [0.1, 0.15) is 24.6 Å². The number of nitrogens with one attached hydrogen (secondary N) is 1. The molecule has 1 saturated carbocycles. The molecule has 10 nitrogen and oxygen atoms in total. The normalized spacial score (nSPS) is 34.4. The Labute approximate surface area is 217 Å². The van der Waals surface area contributed by atoms with Crippen molar-refractivity contribution in [2.24, 2.45) is 17.6 Å². The molecule has 3 aliphatic rings. The maximum Gasteiger partial charge on any atom is 0.167 e. The quantitative estimate of drug-likeness (QED) is 0.336. The molecule has 0 bridgehead atoms. The minimum Gasteiger partial charge on any atom is -0.394 e. The van der Waals surface area contributed by atoms with Crippen LogP contribution in [-0.2, 0) is 4.74 Å². The average Bonchev–Trinajstić information content (AvgIpc) is 3.45. The first-order valence-electron chi connectivity index (χ1n) is 13.5. The van der Waals surface area contributed by atoms with Crippen LogP contribution in [-0.4, -0.2) is 71.8 Å². The highest BCUT2D eigenvalue weighted by molar-refractivity contribution is 5.82. The number of anilines is 1. The zero-order chi connectivity index (χ0) is 26.2. The van der Waals surface area contributed by atoms with Crippen molar-refractivity contribution in [3.05, 3.63) is 36.0 Å². The predicted octanol–water partition coefficient (Wildman–Crippen LogP) is 2.43. The molecule has 3 heterocycles. The molecule has 2 aliphatic carbocycles. The fourth-order valence-corrected chi connectivity index (χ4v) is 6.38. The number of aromatic nitrogens is 4. The summed E-state index contributed by atoms with van der Waals surface area (Å²) in [4.78, 5) is 13.1. The van der Waals surface area contributed by atoms with Gasteiger partial charge in [-0.25, -0.2) is 15.0 Å². The monoisotopic (exact) mass is 512 g/mol. The molecule has 1 saturated heterocycles. The Morgan fingerprint density at radius 3 is 2.89 bits per heavy atom. The Morgan fingerprint density at radius 2 is 2.11 bits per heavy atom. The van der Waals surface area contributed by atoms with Crippen molar-refractivity contribution in [1.29, 1.82) is 0 Å². The lowest BCUT2D eigenvalue weighted by Gasteiger charge is -2.46. The second-order valence-electron chi connectivity index (χ2n) is 11.1. The van der Waals surface area contributed by atoms with Gasteiger partial charge in [0.25, 0.3) is 0 Å². The Morgan fingerprint density at radius 1 is 1.27 bits per heavy atom. The molecule has 2 fully saturated rings. The van der Waals surface area contributed by atoms with Crippen molar-refractivity contribution in [1.82, 2.24) is 19.5 Å². The second kappa shape index (κ2) is 10.8. The van der Waals surface area contributed by atoms with Crippen LogP contribution < -0.4 is 11.1 Å². The third-order valence-corrected chi connectivity index (χ3v) is 8.64. The summed E-state index contributed by atoms with van der Waals surface area (Å²) >= 11 is 0. The van der Waals surface area contributed by atoms with E-state index in [1.165, 1.54) is 37.5 Å². The molecule has 0 aromatic carbocycles. The van der Waals surface area contributed by atoms with E-state index >= 15 is 0 Å². The van der Waals surface area contributed by atoms with E-state index < -0.39 is 31.1 Å². The first-order chi connectivity index (χ1) is 17.8. The van der Waals surface area contributed by atoms with Gasteiger partial charge in [-0.3, -0.25) is 4.57 Å². The third kappa shape index (κ3) is 5.05. The van der Waals surface area contributed by atoms with Crippen molar-refractivity contribution in [3.63, 3.8) is 0 Å². The van der Waals surface area contributed by atoms with E-state index in [1.54, 1.807) is 10.1 Å². The molecule has 0 amide bonds. The lowest BCUT2D eigenvalue weighted by atomic mass is 9.62. The molecule has 202 valence electrons. The number of aliphatic hydroxyl groups is 3. The van der Waals surface area contributed by atoms with Crippen LogP contribution in [0.1, 0.15) is 65.0 Å². The van der Waals surface area contributed by atoms with E-state index in [4.69, 9.17) is 10.5 Å². The van der Waals surface area contributed by atoms with E-state index in [1.807, 2.05) is 0 Å². The zero-order valence-electron chi connectivity index (χ0n) is 21.8. The number of nitrogens with zero attached hydrogens (tertiary/aromatic N) is 4. The van der Waals surface area contributed by atoms with Crippen molar-refractivity contribution in [2.45, 2.75) is 88.9 Å². The van der Waals surface area contributed by atoms with Gasteiger partial charge >= 0.3 is 0 Å². The van der Waals surface area contributed by atoms with Crippen LogP contribution in [0.25, 0.3) is 11.2 Å². The molecule has 2 aromatic heterocycles. The molecule has 6 N–H and O–H groups in total. The van der Waals surface area contributed by atoms with Crippen molar-refractivity contribution in [2.75, 3.05) is 18.5 Å². The zero-order valence-corrected chi connectivity index (χ0v) is 21.8. The van der Waals surface area contributed by atoms with Gasteiger partial charge in [0, 0.05) is 12.1 Å². The SMILES string of the molecule is C/C(=C\CNc1ncnc2c1ncn2C1OC(CO)C(O)C1O)CC[C@@]1(N)CCC=C2C1CCC[C@H]2C. The molecule has 0 radical (unpaired) electrons. The lowest BCUT2D eigenvalue weighted by molar-refractivity contribution is -0.0511. The van der Waals surface area contributed by atoms with Gasteiger partial charge in [0.15, 0.2) is 23.2 Å². The maximum absolute atomic E-state index is 10.4. The van der Waals surface area contributed by atoms with Crippen LogP contribution in [0, 0.1) is 11.8 Å². The summed E-state index contributed by atoms with van der Waals surface area (Å²) < 4.78 is 7.19. The molecule has 37 heavy (non-hydrogen) atoms. The van der Waals surface area contributed by atoms with Crippen LogP contribution in [0.3, 0.4) is 0 Å². The minimum atomic E-state index is -1.20. The molecule has 1 aliphatic heterocycles. The number of fused-ring (bicyclic) bond motifs is 2. The smallest absolute Gasteiger partial charge is 0.167 e. The number of nitrogens with two attached hydrogens (primary N) is 1.